The van der Waals surface area contributed by atoms with E-state index in [1.54, 1.807) is 6.92 Å². The predicted molar refractivity (Wildman–Crippen MR) is 151 cm³/mol. The molecule has 0 bridgehead atoms. The van der Waals surface area contributed by atoms with Crippen molar-refractivity contribution >= 4 is 18.0 Å². The summed E-state index contributed by atoms with van der Waals surface area (Å²) in [6, 6.07) is 24.6. The maximum atomic E-state index is 13.3. The van der Waals surface area contributed by atoms with E-state index in [0.29, 0.717) is 6.42 Å². The first-order chi connectivity index (χ1) is 19.9. The predicted octanol–water partition coefficient (Wildman–Crippen LogP) is 4.10. The van der Waals surface area contributed by atoms with Crippen LogP contribution in [0.3, 0.4) is 0 Å². The summed E-state index contributed by atoms with van der Waals surface area (Å²) in [5.74, 6) is -2.10. The Morgan fingerprint density at radius 1 is 0.951 bits per heavy atom. The van der Waals surface area contributed by atoms with E-state index in [2.05, 4.69) is 22.8 Å². The Kier molecular flexibility index (Phi) is 8.96. The molecule has 2 aliphatic rings. The van der Waals surface area contributed by atoms with Gasteiger partial charge in [0.05, 0.1) is 31.3 Å². The van der Waals surface area contributed by atoms with Gasteiger partial charge >= 0.3 is 12.1 Å². The van der Waals surface area contributed by atoms with E-state index in [4.69, 9.17) is 14.2 Å². The molecule has 1 aliphatic carbocycles. The molecule has 0 spiro atoms. The summed E-state index contributed by atoms with van der Waals surface area (Å²) in [4.78, 5) is 37.5. The number of hydrogen-bond acceptors (Lipinski definition) is 6. The van der Waals surface area contributed by atoms with Gasteiger partial charge in [-0.2, -0.15) is 0 Å². The van der Waals surface area contributed by atoms with Crippen LogP contribution in [0.1, 0.15) is 36.0 Å². The van der Waals surface area contributed by atoms with Crippen molar-refractivity contribution in [2.45, 2.75) is 44.1 Å². The molecule has 0 saturated carbocycles. The van der Waals surface area contributed by atoms with Gasteiger partial charge in [0, 0.05) is 12.5 Å². The van der Waals surface area contributed by atoms with Crippen molar-refractivity contribution in [1.29, 1.82) is 0 Å². The SMILES string of the molecule is C[C@H](OCc1ccccc1)[C@@H](NC(=O)OCC1c2ccccc2-c2ccccc21)C(=O)NCC1CC(C(=O)O)CO1. The van der Waals surface area contributed by atoms with E-state index in [1.165, 1.54) is 0 Å². The van der Waals surface area contributed by atoms with Crippen LogP contribution >= 0.6 is 0 Å². The topological polar surface area (TPSA) is 123 Å². The Balaban J connectivity index is 1.22. The van der Waals surface area contributed by atoms with Gasteiger partial charge in [-0.05, 0) is 41.2 Å². The zero-order valence-corrected chi connectivity index (χ0v) is 22.8. The first-order valence-electron chi connectivity index (χ1n) is 13.8. The van der Waals surface area contributed by atoms with Crippen LogP contribution in [0.15, 0.2) is 78.9 Å². The zero-order valence-electron chi connectivity index (χ0n) is 22.8. The molecule has 1 heterocycles. The van der Waals surface area contributed by atoms with Gasteiger partial charge in [0.2, 0.25) is 5.91 Å². The van der Waals surface area contributed by atoms with Gasteiger partial charge in [0.1, 0.15) is 12.6 Å². The minimum Gasteiger partial charge on any atom is -0.481 e. The number of ether oxygens (including phenoxy) is 3. The smallest absolute Gasteiger partial charge is 0.407 e. The third-order valence-electron chi connectivity index (χ3n) is 7.66. The Bertz CT molecular complexity index is 1330. The molecule has 1 fully saturated rings. The molecule has 9 heteroatoms. The first kappa shape index (κ1) is 28.3. The van der Waals surface area contributed by atoms with Crippen molar-refractivity contribution in [3.63, 3.8) is 0 Å². The van der Waals surface area contributed by atoms with Gasteiger partial charge in [-0.25, -0.2) is 4.79 Å². The fraction of sp³-hybridized carbons (Fsp3) is 0.344. The minimum atomic E-state index is -1.05. The summed E-state index contributed by atoms with van der Waals surface area (Å²) in [6.45, 7) is 2.30. The Hall–Kier alpha value is -4.21. The summed E-state index contributed by atoms with van der Waals surface area (Å²) in [6.07, 6.45) is -1.53. The maximum Gasteiger partial charge on any atom is 0.407 e. The number of fused-ring (bicyclic) bond motifs is 3. The number of carbonyl (C=O) groups is 3. The third kappa shape index (κ3) is 6.75. The molecule has 0 aromatic heterocycles. The summed E-state index contributed by atoms with van der Waals surface area (Å²) in [5, 5.41) is 14.7. The van der Waals surface area contributed by atoms with Crippen LogP contribution in [0.4, 0.5) is 4.79 Å². The maximum absolute atomic E-state index is 13.3. The van der Waals surface area contributed by atoms with Gasteiger partial charge in [-0.15, -0.1) is 0 Å². The van der Waals surface area contributed by atoms with E-state index < -0.39 is 42.1 Å². The van der Waals surface area contributed by atoms with Crippen LogP contribution in [-0.2, 0) is 30.4 Å². The number of carboxylic acids is 1. The zero-order chi connectivity index (χ0) is 28.8. The molecule has 0 radical (unpaired) electrons. The second-order valence-corrected chi connectivity index (χ2v) is 10.4. The molecule has 41 heavy (non-hydrogen) atoms. The van der Waals surface area contributed by atoms with Crippen molar-refractivity contribution in [2.24, 2.45) is 5.92 Å². The molecule has 3 N–H and O–H groups in total. The van der Waals surface area contributed by atoms with Gasteiger partial charge < -0.3 is 30.0 Å². The number of alkyl carbamates (subject to hydrolysis) is 1. The van der Waals surface area contributed by atoms with E-state index in [-0.39, 0.29) is 32.3 Å². The van der Waals surface area contributed by atoms with Gasteiger partial charge in [-0.3, -0.25) is 9.59 Å². The lowest BCUT2D eigenvalue weighted by Crippen LogP contribution is -2.54. The van der Waals surface area contributed by atoms with Crippen molar-refractivity contribution in [2.75, 3.05) is 19.8 Å². The Morgan fingerprint density at radius 2 is 1.59 bits per heavy atom. The fourth-order valence-electron chi connectivity index (χ4n) is 5.41. The van der Waals surface area contributed by atoms with Crippen LogP contribution in [0.5, 0.6) is 0 Å². The highest BCUT2D eigenvalue weighted by molar-refractivity contribution is 5.86. The molecule has 1 saturated heterocycles. The molecule has 3 aromatic rings. The third-order valence-corrected chi connectivity index (χ3v) is 7.66. The molecule has 3 aromatic carbocycles. The number of amides is 2. The number of aliphatic carboxylic acids is 1. The molecule has 1 aliphatic heterocycles. The number of carboxylic acid groups (broad SMARTS) is 1. The van der Waals surface area contributed by atoms with Crippen molar-refractivity contribution in [3.8, 4) is 11.1 Å². The van der Waals surface area contributed by atoms with E-state index in [1.807, 2.05) is 66.7 Å². The quantitative estimate of drug-likeness (QED) is 0.324. The molecule has 2 amide bonds. The van der Waals surface area contributed by atoms with E-state index in [9.17, 15) is 19.5 Å². The van der Waals surface area contributed by atoms with Gasteiger partial charge in [0.15, 0.2) is 0 Å². The molecular weight excluding hydrogens is 524 g/mol. The van der Waals surface area contributed by atoms with Gasteiger partial charge in [-0.1, -0.05) is 78.9 Å². The van der Waals surface area contributed by atoms with Crippen LogP contribution in [0, 0.1) is 5.92 Å². The normalized spacial score (nSPS) is 19.0. The summed E-state index contributed by atoms with van der Waals surface area (Å²) in [7, 11) is 0. The summed E-state index contributed by atoms with van der Waals surface area (Å²) < 4.78 is 17.2. The molecular formula is C32H34N2O7. The highest BCUT2D eigenvalue weighted by atomic mass is 16.5. The number of hydrogen-bond donors (Lipinski definition) is 3. The Morgan fingerprint density at radius 3 is 2.22 bits per heavy atom. The molecule has 5 rings (SSSR count). The fourth-order valence-corrected chi connectivity index (χ4v) is 5.41. The first-order valence-corrected chi connectivity index (χ1v) is 13.8. The van der Waals surface area contributed by atoms with Crippen LogP contribution in [0.2, 0.25) is 0 Å². The number of carbonyl (C=O) groups excluding carboxylic acids is 2. The molecule has 4 atom stereocenters. The summed E-state index contributed by atoms with van der Waals surface area (Å²) >= 11 is 0. The minimum absolute atomic E-state index is 0.105. The van der Waals surface area contributed by atoms with E-state index in [0.717, 1.165) is 27.8 Å². The van der Waals surface area contributed by atoms with E-state index >= 15 is 0 Å². The second kappa shape index (κ2) is 13.0. The highest BCUT2D eigenvalue weighted by Gasteiger charge is 2.34. The molecule has 2 unspecified atom stereocenters. The molecule has 9 nitrogen and oxygen atoms in total. The average molecular weight is 559 g/mol. The second-order valence-electron chi connectivity index (χ2n) is 10.4. The summed E-state index contributed by atoms with van der Waals surface area (Å²) in [5.41, 5.74) is 5.35. The van der Waals surface area contributed by atoms with Crippen LogP contribution < -0.4 is 10.6 Å². The lowest BCUT2D eigenvalue weighted by molar-refractivity contribution is -0.141. The lowest BCUT2D eigenvalue weighted by atomic mass is 9.98. The van der Waals surface area contributed by atoms with Gasteiger partial charge in [0.25, 0.3) is 0 Å². The number of nitrogens with one attached hydrogen (secondary N) is 2. The van der Waals surface area contributed by atoms with Crippen molar-refractivity contribution in [3.05, 3.63) is 95.6 Å². The molecule has 214 valence electrons. The Labute approximate surface area is 238 Å². The largest absolute Gasteiger partial charge is 0.481 e. The lowest BCUT2D eigenvalue weighted by Gasteiger charge is -2.25. The number of benzene rings is 3. The average Bonchev–Trinajstić information content (AvgIpc) is 3.60. The van der Waals surface area contributed by atoms with Crippen LogP contribution in [0.25, 0.3) is 11.1 Å². The highest BCUT2D eigenvalue weighted by Crippen LogP contribution is 2.44. The van der Waals surface area contributed by atoms with Crippen LogP contribution in [-0.4, -0.2) is 61.1 Å². The van der Waals surface area contributed by atoms with Crippen molar-refractivity contribution in [1.82, 2.24) is 10.6 Å². The monoisotopic (exact) mass is 558 g/mol. The number of rotatable bonds is 11. The standard InChI is InChI=1S/C32H34N2O7/c1-20(39-17-21-9-3-2-4-10-21)29(30(35)33-16-23-15-22(18-40-23)31(36)37)34-32(38)41-19-28-26-13-7-5-11-24(26)25-12-6-8-14-27(25)28/h2-14,20,22-23,28-29H,15-19H2,1H3,(H,33,35)(H,34,38)(H,36,37)/t20-,22?,23?,29+/m0/s1. The van der Waals surface area contributed by atoms with Crippen molar-refractivity contribution < 1.29 is 33.7 Å².